The van der Waals surface area contributed by atoms with Gasteiger partial charge in [-0.2, -0.15) is 0 Å². The monoisotopic (exact) mass is 365 g/mol. The Morgan fingerprint density at radius 1 is 0.962 bits per heavy atom. The second kappa shape index (κ2) is 8.54. The maximum atomic E-state index is 12.4. The molecule has 1 N–H and O–H groups in total. The van der Waals surface area contributed by atoms with Gasteiger partial charge in [0.25, 0.3) is 5.91 Å². The van der Waals surface area contributed by atoms with Crippen LogP contribution in [0.2, 0.25) is 5.02 Å². The number of carbonyl (C=O) groups is 1. The van der Waals surface area contributed by atoms with Gasteiger partial charge in [0.05, 0.1) is 6.04 Å². The van der Waals surface area contributed by atoms with Gasteiger partial charge in [-0.25, -0.2) is 0 Å². The number of ether oxygens (including phenoxy) is 1. The highest BCUT2D eigenvalue weighted by atomic mass is 35.5. The molecule has 3 aromatic rings. The van der Waals surface area contributed by atoms with Crippen LogP contribution in [0, 0.1) is 0 Å². The number of hydrogen-bond acceptors (Lipinski definition) is 2. The summed E-state index contributed by atoms with van der Waals surface area (Å²) in [6.45, 7) is 2.41. The SMILES string of the molecule is C[C@H](NC(=O)c1ccc(COc2ccc(Cl)cc2)cc1)c1ccccc1. The fourth-order valence-electron chi connectivity index (χ4n) is 2.55. The van der Waals surface area contributed by atoms with Crippen LogP contribution in [-0.4, -0.2) is 5.91 Å². The third-order valence-corrected chi connectivity index (χ3v) is 4.33. The van der Waals surface area contributed by atoms with E-state index >= 15 is 0 Å². The topological polar surface area (TPSA) is 38.3 Å². The zero-order chi connectivity index (χ0) is 18.4. The largest absolute Gasteiger partial charge is 0.489 e. The Labute approximate surface area is 158 Å². The molecule has 0 saturated carbocycles. The third-order valence-electron chi connectivity index (χ3n) is 4.08. The maximum absolute atomic E-state index is 12.4. The van der Waals surface area contributed by atoms with Gasteiger partial charge in [0, 0.05) is 10.6 Å². The van der Waals surface area contributed by atoms with Gasteiger partial charge in [-0.15, -0.1) is 0 Å². The Kier molecular flexibility index (Phi) is 5.92. The average Bonchev–Trinajstić information content (AvgIpc) is 2.68. The molecule has 0 aromatic heterocycles. The molecular weight excluding hydrogens is 346 g/mol. The molecule has 0 fully saturated rings. The molecule has 1 amide bonds. The number of rotatable bonds is 6. The quantitative estimate of drug-likeness (QED) is 0.634. The molecule has 3 nitrogen and oxygen atoms in total. The molecule has 0 saturated heterocycles. The summed E-state index contributed by atoms with van der Waals surface area (Å²) >= 11 is 5.86. The van der Waals surface area contributed by atoms with E-state index in [1.807, 2.05) is 73.7 Å². The minimum absolute atomic E-state index is 0.0448. The molecule has 0 bridgehead atoms. The van der Waals surface area contributed by atoms with Crippen molar-refractivity contribution >= 4 is 17.5 Å². The van der Waals surface area contributed by atoms with E-state index < -0.39 is 0 Å². The first-order chi connectivity index (χ1) is 12.6. The van der Waals surface area contributed by atoms with Crippen molar-refractivity contribution in [3.8, 4) is 5.75 Å². The number of nitrogens with one attached hydrogen (secondary N) is 1. The number of benzene rings is 3. The third kappa shape index (κ3) is 4.87. The lowest BCUT2D eigenvalue weighted by Gasteiger charge is -2.14. The molecule has 1 atom stereocenters. The van der Waals surface area contributed by atoms with Gasteiger partial charge in [0.15, 0.2) is 0 Å². The van der Waals surface area contributed by atoms with Crippen LogP contribution in [0.25, 0.3) is 0 Å². The van der Waals surface area contributed by atoms with Crippen LogP contribution >= 0.6 is 11.6 Å². The standard InChI is InChI=1S/C22H20ClNO2/c1-16(18-5-3-2-4-6-18)24-22(25)19-9-7-17(8-10-19)15-26-21-13-11-20(23)12-14-21/h2-14,16H,15H2,1H3,(H,24,25)/t16-/m0/s1. The highest BCUT2D eigenvalue weighted by molar-refractivity contribution is 6.30. The first kappa shape index (κ1) is 18.0. The second-order valence-electron chi connectivity index (χ2n) is 6.05. The average molecular weight is 366 g/mol. The Morgan fingerprint density at radius 3 is 2.27 bits per heavy atom. The zero-order valence-corrected chi connectivity index (χ0v) is 15.2. The Balaban J connectivity index is 1.56. The van der Waals surface area contributed by atoms with E-state index in [1.165, 1.54) is 0 Å². The summed E-state index contributed by atoms with van der Waals surface area (Å²) in [4.78, 5) is 12.4. The van der Waals surface area contributed by atoms with Gasteiger partial charge in [0.1, 0.15) is 12.4 Å². The van der Waals surface area contributed by atoms with Gasteiger partial charge in [-0.05, 0) is 54.4 Å². The summed E-state index contributed by atoms with van der Waals surface area (Å²) in [5, 5.41) is 3.69. The van der Waals surface area contributed by atoms with Gasteiger partial charge in [-0.3, -0.25) is 4.79 Å². The van der Waals surface area contributed by atoms with Crippen LogP contribution < -0.4 is 10.1 Å². The van der Waals surface area contributed by atoms with Crippen LogP contribution in [0.15, 0.2) is 78.9 Å². The number of halogens is 1. The van der Waals surface area contributed by atoms with Crippen molar-refractivity contribution in [1.29, 1.82) is 0 Å². The minimum Gasteiger partial charge on any atom is -0.489 e. The van der Waals surface area contributed by atoms with Crippen molar-refractivity contribution in [2.24, 2.45) is 0 Å². The highest BCUT2D eigenvalue weighted by Crippen LogP contribution is 2.17. The minimum atomic E-state index is -0.0912. The molecule has 0 radical (unpaired) electrons. The predicted molar refractivity (Wildman–Crippen MR) is 105 cm³/mol. The van der Waals surface area contributed by atoms with E-state index in [-0.39, 0.29) is 11.9 Å². The molecule has 0 unspecified atom stereocenters. The van der Waals surface area contributed by atoms with Crippen molar-refractivity contribution in [3.05, 3.63) is 101 Å². The van der Waals surface area contributed by atoms with E-state index in [2.05, 4.69) is 5.32 Å². The highest BCUT2D eigenvalue weighted by Gasteiger charge is 2.11. The molecule has 4 heteroatoms. The van der Waals surface area contributed by atoms with Crippen LogP contribution in [0.3, 0.4) is 0 Å². The van der Waals surface area contributed by atoms with Gasteiger partial charge < -0.3 is 10.1 Å². The van der Waals surface area contributed by atoms with Crippen LogP contribution in [0.1, 0.15) is 34.5 Å². The van der Waals surface area contributed by atoms with E-state index in [9.17, 15) is 4.79 Å². The van der Waals surface area contributed by atoms with E-state index in [4.69, 9.17) is 16.3 Å². The summed E-state index contributed by atoms with van der Waals surface area (Å²) in [6, 6.07) is 24.5. The van der Waals surface area contributed by atoms with Crippen LogP contribution in [0.5, 0.6) is 5.75 Å². The normalized spacial score (nSPS) is 11.6. The predicted octanol–water partition coefficient (Wildman–Crippen LogP) is 5.41. The number of hydrogen-bond donors (Lipinski definition) is 1. The van der Waals surface area contributed by atoms with E-state index in [1.54, 1.807) is 12.1 Å². The van der Waals surface area contributed by atoms with E-state index in [0.717, 1.165) is 16.9 Å². The van der Waals surface area contributed by atoms with E-state index in [0.29, 0.717) is 17.2 Å². The molecule has 0 aliphatic heterocycles. The molecule has 0 aliphatic carbocycles. The van der Waals surface area contributed by atoms with Crippen LogP contribution in [-0.2, 0) is 6.61 Å². The van der Waals surface area contributed by atoms with Gasteiger partial charge in [-0.1, -0.05) is 54.1 Å². The lowest BCUT2D eigenvalue weighted by atomic mass is 10.1. The van der Waals surface area contributed by atoms with Crippen molar-refractivity contribution in [2.75, 3.05) is 0 Å². The Morgan fingerprint density at radius 2 is 1.62 bits per heavy atom. The summed E-state index contributed by atoms with van der Waals surface area (Å²) in [5.74, 6) is 0.666. The summed E-state index contributed by atoms with van der Waals surface area (Å²) in [6.07, 6.45) is 0. The van der Waals surface area contributed by atoms with Crippen molar-refractivity contribution in [1.82, 2.24) is 5.32 Å². The van der Waals surface area contributed by atoms with Crippen molar-refractivity contribution < 1.29 is 9.53 Å². The fraction of sp³-hybridized carbons (Fsp3) is 0.136. The Bertz CT molecular complexity index is 846. The first-order valence-electron chi connectivity index (χ1n) is 8.45. The smallest absolute Gasteiger partial charge is 0.251 e. The second-order valence-corrected chi connectivity index (χ2v) is 6.48. The first-order valence-corrected chi connectivity index (χ1v) is 8.83. The lowest BCUT2D eigenvalue weighted by Crippen LogP contribution is -2.26. The molecule has 3 aromatic carbocycles. The molecule has 3 rings (SSSR count). The number of amides is 1. The van der Waals surface area contributed by atoms with Crippen molar-refractivity contribution in [3.63, 3.8) is 0 Å². The Hall–Kier alpha value is -2.78. The molecule has 26 heavy (non-hydrogen) atoms. The van der Waals surface area contributed by atoms with Crippen molar-refractivity contribution in [2.45, 2.75) is 19.6 Å². The molecular formula is C22H20ClNO2. The van der Waals surface area contributed by atoms with Crippen LogP contribution in [0.4, 0.5) is 0 Å². The number of carbonyl (C=O) groups excluding carboxylic acids is 1. The van der Waals surface area contributed by atoms with Gasteiger partial charge in [0.2, 0.25) is 0 Å². The summed E-state index contributed by atoms with van der Waals surface area (Å²) in [7, 11) is 0. The fourth-order valence-corrected chi connectivity index (χ4v) is 2.68. The maximum Gasteiger partial charge on any atom is 0.251 e. The summed E-state index contributed by atoms with van der Waals surface area (Å²) in [5.41, 5.74) is 2.70. The zero-order valence-electron chi connectivity index (χ0n) is 14.5. The lowest BCUT2D eigenvalue weighted by molar-refractivity contribution is 0.0940. The summed E-state index contributed by atoms with van der Waals surface area (Å²) < 4.78 is 5.71. The molecule has 0 spiro atoms. The molecule has 132 valence electrons. The molecule has 0 heterocycles. The molecule has 0 aliphatic rings. The van der Waals surface area contributed by atoms with Gasteiger partial charge >= 0.3 is 0 Å².